The average Bonchev–Trinajstić information content (AvgIpc) is 3.52. The molecule has 0 radical (unpaired) electrons. The van der Waals surface area contributed by atoms with Gasteiger partial charge in [0.2, 0.25) is 5.91 Å². The number of aromatic amines is 2. The Morgan fingerprint density at radius 2 is 1.84 bits per heavy atom. The van der Waals surface area contributed by atoms with Crippen molar-refractivity contribution in [2.45, 2.75) is 19.8 Å². The van der Waals surface area contributed by atoms with E-state index in [4.69, 9.17) is 4.98 Å². The van der Waals surface area contributed by atoms with Crippen LogP contribution in [0.25, 0.3) is 55.7 Å². The van der Waals surface area contributed by atoms with E-state index in [2.05, 4.69) is 30.5 Å². The van der Waals surface area contributed by atoms with Crippen molar-refractivity contribution in [3.8, 4) is 33.8 Å². The molecule has 0 aliphatic carbocycles. The first-order valence-corrected chi connectivity index (χ1v) is 11.9. The fourth-order valence-electron chi connectivity index (χ4n) is 4.40. The maximum Gasteiger partial charge on any atom is 0.224 e. The van der Waals surface area contributed by atoms with Gasteiger partial charge in [-0.2, -0.15) is 5.10 Å². The minimum absolute atomic E-state index is 0.0361. The maximum absolute atomic E-state index is 13.9. The molecule has 0 saturated carbocycles. The van der Waals surface area contributed by atoms with Crippen molar-refractivity contribution in [2.24, 2.45) is 0 Å². The molecule has 0 saturated heterocycles. The molecule has 0 fully saturated rings. The van der Waals surface area contributed by atoms with Gasteiger partial charge in [0.15, 0.2) is 5.82 Å². The number of pyridine rings is 2. The van der Waals surface area contributed by atoms with E-state index in [0.29, 0.717) is 34.7 Å². The highest BCUT2D eigenvalue weighted by Gasteiger charge is 2.16. The van der Waals surface area contributed by atoms with Gasteiger partial charge in [-0.25, -0.2) is 9.37 Å². The average molecular weight is 492 g/mol. The Labute approximate surface area is 211 Å². The first-order valence-electron chi connectivity index (χ1n) is 11.9. The molecule has 9 heteroatoms. The van der Waals surface area contributed by atoms with E-state index in [1.807, 2.05) is 37.3 Å². The second-order valence-electron chi connectivity index (χ2n) is 8.77. The smallest absolute Gasteiger partial charge is 0.224 e. The number of hydrogen-bond donors (Lipinski definition) is 3. The first kappa shape index (κ1) is 22.5. The molecule has 2 aromatic carbocycles. The number of H-pyrrole nitrogens is 2. The molecule has 6 rings (SSSR count). The Bertz CT molecular complexity index is 1770. The van der Waals surface area contributed by atoms with Crippen LogP contribution in [0.2, 0.25) is 0 Å². The van der Waals surface area contributed by atoms with Crippen LogP contribution in [0.3, 0.4) is 0 Å². The number of nitrogens with one attached hydrogen (secondary N) is 3. The Morgan fingerprint density at radius 1 is 0.946 bits per heavy atom. The highest BCUT2D eigenvalue weighted by atomic mass is 19.1. The van der Waals surface area contributed by atoms with Gasteiger partial charge in [-0.3, -0.25) is 19.9 Å². The minimum atomic E-state index is -0.320. The number of fused-ring (bicyclic) bond motifs is 2. The molecule has 6 aromatic rings. The van der Waals surface area contributed by atoms with E-state index in [1.54, 1.807) is 30.9 Å². The number of carbonyl (C=O) groups excluding carboxylic acids is 1. The summed E-state index contributed by atoms with van der Waals surface area (Å²) in [5, 5.41) is 11.4. The number of aromatic nitrogens is 6. The number of rotatable bonds is 6. The summed E-state index contributed by atoms with van der Waals surface area (Å²) in [4.78, 5) is 28.8. The van der Waals surface area contributed by atoms with Crippen molar-refractivity contribution in [3.05, 3.63) is 79.1 Å². The Balaban J connectivity index is 1.40. The number of hydrogen-bond acceptors (Lipinski definition) is 5. The van der Waals surface area contributed by atoms with Gasteiger partial charge in [-0.1, -0.05) is 25.1 Å². The SMILES string of the molecule is CCCC(=O)Nc1cncc(-c2ccc3[nH]nc(-c4nc5c(-c6cccc(F)c6)cncc5[nH]4)c3c2)c1. The molecule has 0 aliphatic heterocycles. The molecule has 4 aromatic heterocycles. The first-order chi connectivity index (χ1) is 18.1. The van der Waals surface area contributed by atoms with E-state index in [-0.39, 0.29) is 11.7 Å². The van der Waals surface area contributed by atoms with Crippen LogP contribution in [0.4, 0.5) is 10.1 Å². The topological polar surface area (TPSA) is 112 Å². The molecule has 1 amide bonds. The van der Waals surface area contributed by atoms with Crippen LogP contribution in [0, 0.1) is 5.82 Å². The lowest BCUT2D eigenvalue weighted by Crippen LogP contribution is -2.10. The zero-order valence-corrected chi connectivity index (χ0v) is 19.9. The zero-order chi connectivity index (χ0) is 25.4. The van der Waals surface area contributed by atoms with Crippen LogP contribution in [-0.2, 0) is 4.79 Å². The highest BCUT2D eigenvalue weighted by Crippen LogP contribution is 2.33. The van der Waals surface area contributed by atoms with Crippen molar-refractivity contribution in [1.29, 1.82) is 0 Å². The van der Waals surface area contributed by atoms with Crippen LogP contribution in [0.1, 0.15) is 19.8 Å². The summed E-state index contributed by atoms with van der Waals surface area (Å²) in [6.45, 7) is 1.97. The minimum Gasteiger partial charge on any atom is -0.335 e. The second-order valence-corrected chi connectivity index (χ2v) is 8.77. The fourth-order valence-corrected chi connectivity index (χ4v) is 4.40. The number of benzene rings is 2. The Kier molecular flexibility index (Phi) is 5.65. The molecule has 0 unspecified atom stereocenters. The zero-order valence-electron chi connectivity index (χ0n) is 19.9. The molecular weight excluding hydrogens is 469 g/mol. The van der Waals surface area contributed by atoms with Gasteiger partial charge >= 0.3 is 0 Å². The Hall–Kier alpha value is -4.92. The van der Waals surface area contributed by atoms with Gasteiger partial charge in [0, 0.05) is 35.3 Å². The number of anilines is 1. The summed E-state index contributed by atoms with van der Waals surface area (Å²) in [6, 6.07) is 14.2. The van der Waals surface area contributed by atoms with Gasteiger partial charge < -0.3 is 10.3 Å². The predicted octanol–water partition coefficient (Wildman–Crippen LogP) is 6.11. The number of carbonyl (C=O) groups is 1. The van der Waals surface area contributed by atoms with Gasteiger partial charge in [0.1, 0.15) is 11.5 Å². The van der Waals surface area contributed by atoms with Gasteiger partial charge in [0.25, 0.3) is 0 Å². The molecule has 0 aliphatic rings. The second kappa shape index (κ2) is 9.27. The third-order valence-electron chi connectivity index (χ3n) is 6.15. The van der Waals surface area contributed by atoms with E-state index in [9.17, 15) is 9.18 Å². The van der Waals surface area contributed by atoms with Crippen LogP contribution >= 0.6 is 0 Å². The molecule has 0 atom stereocenters. The summed E-state index contributed by atoms with van der Waals surface area (Å²) in [5.41, 5.74) is 6.78. The monoisotopic (exact) mass is 491 g/mol. The lowest BCUT2D eigenvalue weighted by molar-refractivity contribution is -0.116. The Morgan fingerprint density at radius 3 is 2.70 bits per heavy atom. The van der Waals surface area contributed by atoms with E-state index < -0.39 is 0 Å². The van der Waals surface area contributed by atoms with Crippen molar-refractivity contribution in [2.75, 3.05) is 5.32 Å². The van der Waals surface area contributed by atoms with Crippen LogP contribution < -0.4 is 5.32 Å². The largest absolute Gasteiger partial charge is 0.335 e. The quantitative estimate of drug-likeness (QED) is 0.260. The fraction of sp³-hybridized carbons (Fsp3) is 0.107. The van der Waals surface area contributed by atoms with Crippen LogP contribution in [0.15, 0.2) is 73.3 Å². The van der Waals surface area contributed by atoms with E-state index in [1.165, 1.54) is 12.1 Å². The normalized spacial score (nSPS) is 11.3. The van der Waals surface area contributed by atoms with E-state index in [0.717, 1.165) is 39.5 Å². The van der Waals surface area contributed by atoms with E-state index >= 15 is 0 Å². The third kappa shape index (κ3) is 4.31. The van der Waals surface area contributed by atoms with Crippen LogP contribution in [-0.4, -0.2) is 36.0 Å². The maximum atomic E-state index is 13.9. The summed E-state index contributed by atoms with van der Waals surface area (Å²) in [7, 11) is 0. The number of amides is 1. The van der Waals surface area contributed by atoms with Crippen molar-refractivity contribution in [1.82, 2.24) is 30.1 Å². The van der Waals surface area contributed by atoms with Gasteiger partial charge in [-0.05, 0) is 47.9 Å². The summed E-state index contributed by atoms with van der Waals surface area (Å²) < 4.78 is 13.9. The lowest BCUT2D eigenvalue weighted by Gasteiger charge is -2.07. The number of imidazole rings is 1. The van der Waals surface area contributed by atoms with Crippen molar-refractivity contribution >= 4 is 33.5 Å². The molecule has 0 spiro atoms. The standard InChI is InChI=1S/C28H22FN7O/c1-2-4-25(37)32-20-10-18(12-30-13-20)16-7-8-23-21(11-16)27(36-35-23)28-33-24-15-31-14-22(26(24)34-28)17-5-3-6-19(29)9-17/h3,5-15H,2,4H2,1H3,(H,32,37)(H,33,34)(H,35,36). The molecule has 37 heavy (non-hydrogen) atoms. The van der Waals surface area contributed by atoms with Gasteiger partial charge in [0.05, 0.1) is 34.6 Å². The van der Waals surface area contributed by atoms with Crippen molar-refractivity contribution in [3.63, 3.8) is 0 Å². The molecule has 0 bridgehead atoms. The molecule has 3 N–H and O–H groups in total. The number of nitrogens with zero attached hydrogens (tertiary/aromatic N) is 4. The van der Waals surface area contributed by atoms with Gasteiger partial charge in [-0.15, -0.1) is 0 Å². The number of halogens is 1. The third-order valence-corrected chi connectivity index (χ3v) is 6.15. The molecule has 4 heterocycles. The van der Waals surface area contributed by atoms with Crippen LogP contribution in [0.5, 0.6) is 0 Å². The summed E-state index contributed by atoms with van der Waals surface area (Å²) >= 11 is 0. The van der Waals surface area contributed by atoms with Crippen molar-refractivity contribution < 1.29 is 9.18 Å². The lowest BCUT2D eigenvalue weighted by atomic mass is 10.0. The highest BCUT2D eigenvalue weighted by molar-refractivity contribution is 5.98. The molecule has 8 nitrogen and oxygen atoms in total. The molecule has 182 valence electrons. The summed E-state index contributed by atoms with van der Waals surface area (Å²) in [5.74, 6) is 0.216. The predicted molar refractivity (Wildman–Crippen MR) is 141 cm³/mol. The molecular formula is C28H22FN7O. The summed E-state index contributed by atoms with van der Waals surface area (Å²) in [6.07, 6.45) is 8.01.